The summed E-state index contributed by atoms with van der Waals surface area (Å²) in [5.41, 5.74) is 7.56. The second kappa shape index (κ2) is 5.69. The first-order chi connectivity index (χ1) is 7.49. The van der Waals surface area contributed by atoms with E-state index in [0.29, 0.717) is 24.1 Å². The maximum Gasteiger partial charge on any atom is 0.123 e. The molecule has 0 amide bonds. The Kier molecular flexibility index (Phi) is 4.81. The molecular weight excluding hydrogens is 266 g/mol. The van der Waals surface area contributed by atoms with Crippen molar-refractivity contribution >= 4 is 15.9 Å². The Labute approximate surface area is 106 Å². The highest BCUT2D eigenvalue weighted by Gasteiger charge is 2.22. The van der Waals surface area contributed by atoms with Crippen LogP contribution in [-0.2, 0) is 0 Å². The average Bonchev–Trinajstić information content (AvgIpc) is 2.22. The Balaban J connectivity index is 3.22. The first-order valence-electron chi connectivity index (χ1n) is 5.67. The molecule has 1 unspecified atom stereocenters. The normalized spacial score (nSPS) is 13.1. The number of phenols is 1. The molecule has 0 radical (unpaired) electrons. The van der Waals surface area contributed by atoms with E-state index in [0.717, 1.165) is 22.0 Å². The number of hydrogen-bond donors (Lipinski definition) is 2. The molecule has 1 atom stereocenters. The van der Waals surface area contributed by atoms with Crippen LogP contribution in [0.15, 0.2) is 16.6 Å². The van der Waals surface area contributed by atoms with Crippen molar-refractivity contribution in [2.45, 2.75) is 33.1 Å². The molecule has 0 bridgehead atoms. The van der Waals surface area contributed by atoms with Gasteiger partial charge in [0, 0.05) is 10.0 Å². The molecular formula is C13H20BrNO. The zero-order valence-corrected chi connectivity index (χ0v) is 11.7. The lowest BCUT2D eigenvalue weighted by Crippen LogP contribution is -2.13. The largest absolute Gasteiger partial charge is 0.507 e. The van der Waals surface area contributed by atoms with Gasteiger partial charge in [0.2, 0.25) is 0 Å². The van der Waals surface area contributed by atoms with Gasteiger partial charge in [-0.2, -0.15) is 0 Å². The zero-order valence-electron chi connectivity index (χ0n) is 10.1. The van der Waals surface area contributed by atoms with E-state index in [4.69, 9.17) is 5.73 Å². The Hall–Kier alpha value is -0.540. The van der Waals surface area contributed by atoms with Crippen molar-refractivity contribution in [3.8, 4) is 5.75 Å². The van der Waals surface area contributed by atoms with Crippen LogP contribution in [-0.4, -0.2) is 11.7 Å². The maximum absolute atomic E-state index is 10.2. The van der Waals surface area contributed by atoms with Crippen LogP contribution >= 0.6 is 15.9 Å². The summed E-state index contributed by atoms with van der Waals surface area (Å²) in [7, 11) is 0. The van der Waals surface area contributed by atoms with Gasteiger partial charge in [-0.25, -0.2) is 0 Å². The SMILES string of the molecule is Cc1ccc(Br)c(C(CCN)C(C)C)c1O. The molecule has 0 saturated carbocycles. The van der Waals surface area contributed by atoms with Gasteiger partial charge in [0.25, 0.3) is 0 Å². The van der Waals surface area contributed by atoms with Crippen molar-refractivity contribution < 1.29 is 5.11 Å². The van der Waals surface area contributed by atoms with E-state index < -0.39 is 0 Å². The number of nitrogens with two attached hydrogens (primary N) is 1. The van der Waals surface area contributed by atoms with E-state index in [2.05, 4.69) is 29.8 Å². The third-order valence-electron chi connectivity index (χ3n) is 3.02. The zero-order chi connectivity index (χ0) is 12.3. The molecule has 0 spiro atoms. The minimum Gasteiger partial charge on any atom is -0.507 e. The highest BCUT2D eigenvalue weighted by Crippen LogP contribution is 2.40. The Morgan fingerprint density at radius 2 is 2.00 bits per heavy atom. The summed E-state index contributed by atoms with van der Waals surface area (Å²) in [6.45, 7) is 6.89. The van der Waals surface area contributed by atoms with Gasteiger partial charge < -0.3 is 10.8 Å². The molecule has 2 nitrogen and oxygen atoms in total. The van der Waals surface area contributed by atoms with E-state index in [9.17, 15) is 5.11 Å². The van der Waals surface area contributed by atoms with Gasteiger partial charge in [0.05, 0.1) is 0 Å². The topological polar surface area (TPSA) is 46.2 Å². The highest BCUT2D eigenvalue weighted by atomic mass is 79.9. The lowest BCUT2D eigenvalue weighted by atomic mass is 9.84. The third kappa shape index (κ3) is 2.77. The fourth-order valence-corrected chi connectivity index (χ4v) is 2.65. The van der Waals surface area contributed by atoms with Gasteiger partial charge >= 0.3 is 0 Å². The van der Waals surface area contributed by atoms with Crippen LogP contribution in [0.1, 0.15) is 37.3 Å². The van der Waals surface area contributed by atoms with Crippen LogP contribution < -0.4 is 5.73 Å². The van der Waals surface area contributed by atoms with E-state index in [-0.39, 0.29) is 0 Å². The summed E-state index contributed by atoms with van der Waals surface area (Å²) in [6, 6.07) is 3.92. The lowest BCUT2D eigenvalue weighted by molar-refractivity contribution is 0.421. The summed E-state index contributed by atoms with van der Waals surface area (Å²) in [4.78, 5) is 0. The quantitative estimate of drug-likeness (QED) is 0.889. The summed E-state index contributed by atoms with van der Waals surface area (Å²) in [5, 5.41) is 10.2. The van der Waals surface area contributed by atoms with Crippen LogP contribution in [0.25, 0.3) is 0 Å². The van der Waals surface area contributed by atoms with Crippen LogP contribution in [0.2, 0.25) is 0 Å². The van der Waals surface area contributed by atoms with Crippen molar-refractivity contribution in [2.24, 2.45) is 11.7 Å². The van der Waals surface area contributed by atoms with Crippen molar-refractivity contribution in [1.82, 2.24) is 0 Å². The van der Waals surface area contributed by atoms with Crippen LogP contribution in [0.4, 0.5) is 0 Å². The minimum atomic E-state index is 0.305. The maximum atomic E-state index is 10.2. The second-order valence-electron chi connectivity index (χ2n) is 4.55. The molecule has 0 aliphatic heterocycles. The number of hydrogen-bond acceptors (Lipinski definition) is 2. The van der Waals surface area contributed by atoms with E-state index in [1.807, 2.05) is 19.1 Å². The second-order valence-corrected chi connectivity index (χ2v) is 5.41. The van der Waals surface area contributed by atoms with Gasteiger partial charge in [0.1, 0.15) is 5.75 Å². The number of benzene rings is 1. The summed E-state index contributed by atoms with van der Waals surface area (Å²) >= 11 is 3.52. The third-order valence-corrected chi connectivity index (χ3v) is 3.71. The molecule has 0 saturated heterocycles. The number of aryl methyl sites for hydroxylation is 1. The molecule has 1 aromatic carbocycles. The van der Waals surface area contributed by atoms with Crippen LogP contribution in [0.5, 0.6) is 5.75 Å². The molecule has 16 heavy (non-hydrogen) atoms. The van der Waals surface area contributed by atoms with Crippen molar-refractivity contribution in [2.75, 3.05) is 6.54 Å². The molecule has 3 N–H and O–H groups in total. The molecule has 0 heterocycles. The van der Waals surface area contributed by atoms with Crippen molar-refractivity contribution in [3.05, 3.63) is 27.7 Å². The average molecular weight is 286 g/mol. The highest BCUT2D eigenvalue weighted by molar-refractivity contribution is 9.10. The molecule has 0 aromatic heterocycles. The minimum absolute atomic E-state index is 0.305. The summed E-state index contributed by atoms with van der Waals surface area (Å²) in [6.07, 6.45) is 0.896. The fraction of sp³-hybridized carbons (Fsp3) is 0.538. The lowest BCUT2D eigenvalue weighted by Gasteiger charge is -2.23. The number of aromatic hydroxyl groups is 1. The Bertz CT molecular complexity index is 363. The molecule has 1 rings (SSSR count). The fourth-order valence-electron chi connectivity index (χ4n) is 2.04. The van der Waals surface area contributed by atoms with Crippen LogP contribution in [0.3, 0.4) is 0 Å². The van der Waals surface area contributed by atoms with Gasteiger partial charge in [0.15, 0.2) is 0 Å². The molecule has 0 aliphatic carbocycles. The van der Waals surface area contributed by atoms with Crippen LogP contribution in [0, 0.1) is 12.8 Å². The van der Waals surface area contributed by atoms with E-state index >= 15 is 0 Å². The molecule has 1 aromatic rings. The predicted octanol–water partition coefficient (Wildman–Crippen LogP) is 3.55. The Morgan fingerprint density at radius 1 is 1.38 bits per heavy atom. The number of phenolic OH excluding ortho intramolecular Hbond substituents is 1. The monoisotopic (exact) mass is 285 g/mol. The number of halogens is 1. The standard InChI is InChI=1S/C13H20BrNO/c1-8(2)10(6-7-15)12-11(14)5-4-9(3)13(12)16/h4-5,8,10,16H,6-7,15H2,1-3H3. The number of rotatable bonds is 4. The van der Waals surface area contributed by atoms with Crippen molar-refractivity contribution in [3.63, 3.8) is 0 Å². The smallest absolute Gasteiger partial charge is 0.123 e. The predicted molar refractivity (Wildman–Crippen MR) is 71.8 cm³/mol. The van der Waals surface area contributed by atoms with Gasteiger partial charge in [-0.3, -0.25) is 0 Å². The first kappa shape index (κ1) is 13.5. The van der Waals surface area contributed by atoms with Gasteiger partial charge in [-0.15, -0.1) is 0 Å². The van der Waals surface area contributed by atoms with Crippen molar-refractivity contribution in [1.29, 1.82) is 0 Å². The van der Waals surface area contributed by atoms with Gasteiger partial charge in [-0.1, -0.05) is 35.8 Å². The summed E-state index contributed by atoms with van der Waals surface area (Å²) < 4.78 is 0.975. The first-order valence-corrected chi connectivity index (χ1v) is 6.46. The molecule has 3 heteroatoms. The Morgan fingerprint density at radius 3 is 2.50 bits per heavy atom. The van der Waals surface area contributed by atoms with E-state index in [1.54, 1.807) is 0 Å². The summed E-state index contributed by atoms with van der Waals surface area (Å²) in [5.74, 6) is 1.17. The molecule has 90 valence electrons. The molecule has 0 aliphatic rings. The van der Waals surface area contributed by atoms with E-state index in [1.165, 1.54) is 0 Å². The molecule has 0 fully saturated rings. The van der Waals surface area contributed by atoms with Gasteiger partial charge in [-0.05, 0) is 43.4 Å².